The largest absolute Gasteiger partial charge is 0.548 e. The lowest BCUT2D eigenvalue weighted by Crippen LogP contribution is -2.25. The van der Waals surface area contributed by atoms with Gasteiger partial charge in [0, 0.05) is 5.02 Å². The zero-order chi connectivity index (χ0) is 8.97. The van der Waals surface area contributed by atoms with Gasteiger partial charge in [-0.1, -0.05) is 33.9 Å². The van der Waals surface area contributed by atoms with Gasteiger partial charge in [0.15, 0.2) is 0 Å². The van der Waals surface area contributed by atoms with Gasteiger partial charge >= 0.3 is 6.98 Å². The molecule has 6 heteroatoms. The Hall–Kier alpha value is -1.23. The molecule has 1 aromatic carbocycles. The van der Waals surface area contributed by atoms with E-state index in [0.717, 1.165) is 0 Å². The fourth-order valence-electron chi connectivity index (χ4n) is 0.808. The van der Waals surface area contributed by atoms with Crippen LogP contribution in [0, 0.1) is 9.81 Å². The molecule has 0 amide bonds. The number of nitrogens with zero attached hydrogens (tertiary/aromatic N) is 2. The Morgan fingerprint density at radius 2 is 1.92 bits per heavy atom. The average molecular weight is 182 g/mol. The second-order valence-corrected chi connectivity index (χ2v) is 2.58. The Morgan fingerprint density at radius 3 is 2.42 bits per heavy atom. The third kappa shape index (κ3) is 1.89. The molecule has 12 heavy (non-hydrogen) atoms. The van der Waals surface area contributed by atoms with Crippen molar-refractivity contribution in [2.75, 3.05) is 0 Å². The predicted octanol–water partition coefficient (Wildman–Crippen LogP) is 1.57. The first-order chi connectivity index (χ1) is 5.77. The minimum atomic E-state index is -1.19. The van der Waals surface area contributed by atoms with E-state index >= 15 is 0 Å². The summed E-state index contributed by atoms with van der Waals surface area (Å²) >= 11 is 5.62. The Bertz CT molecular complexity index is 299. The minimum absolute atomic E-state index is 0.410. The van der Waals surface area contributed by atoms with Crippen molar-refractivity contribution in [1.82, 2.24) is 0 Å². The molecule has 0 aromatic heterocycles. The topological polar surface area (TPSA) is 58.9 Å². The fraction of sp³-hybridized carbons (Fsp3) is 0. The number of nitroso groups, excluding NO2 is 2. The van der Waals surface area contributed by atoms with Crippen molar-refractivity contribution in [2.24, 2.45) is 10.2 Å². The van der Waals surface area contributed by atoms with Crippen LogP contribution in [0.15, 0.2) is 34.4 Å². The number of rotatable bonds is 3. The zero-order valence-corrected chi connectivity index (χ0v) is 6.73. The summed E-state index contributed by atoms with van der Waals surface area (Å²) in [6.45, 7) is -1.19. The van der Waals surface area contributed by atoms with Crippen LogP contribution in [-0.2, 0) is 0 Å². The van der Waals surface area contributed by atoms with Crippen molar-refractivity contribution in [1.29, 1.82) is 0 Å². The molecule has 0 atom stereocenters. The molecule has 0 radical (unpaired) electrons. The molecule has 0 fully saturated rings. The van der Waals surface area contributed by atoms with Crippen LogP contribution in [0.1, 0.15) is 0 Å². The quantitative estimate of drug-likeness (QED) is 0.526. The van der Waals surface area contributed by atoms with Gasteiger partial charge in [0.1, 0.15) is 0 Å². The summed E-state index contributed by atoms with van der Waals surface area (Å²) in [5.41, 5.74) is 0.410. The normalized spacial score (nSPS) is 9.08. The van der Waals surface area contributed by atoms with Crippen molar-refractivity contribution in [3.63, 3.8) is 0 Å². The van der Waals surface area contributed by atoms with E-state index in [1.807, 2.05) is 0 Å². The lowest BCUT2D eigenvalue weighted by atomic mass is 9.71. The number of benzene rings is 1. The zero-order valence-electron chi connectivity index (χ0n) is 5.98. The maximum absolute atomic E-state index is 10.1. The molecule has 0 heterocycles. The highest BCUT2D eigenvalue weighted by molar-refractivity contribution is 6.69. The summed E-state index contributed by atoms with van der Waals surface area (Å²) in [6.07, 6.45) is 0. The van der Waals surface area contributed by atoms with E-state index in [0.29, 0.717) is 10.5 Å². The highest BCUT2D eigenvalue weighted by atomic mass is 35.5. The summed E-state index contributed by atoms with van der Waals surface area (Å²) in [5, 5.41) is 5.51. The molecule has 4 nitrogen and oxygen atoms in total. The van der Waals surface area contributed by atoms with Crippen LogP contribution < -0.4 is 5.46 Å². The van der Waals surface area contributed by atoms with Crippen LogP contribution in [-0.4, -0.2) is 6.98 Å². The standard InChI is InChI=1S/C6H4BClN2O2/c8-6-3-1-2-5(4-6)7(9-11)10-12/h1-4H. The van der Waals surface area contributed by atoms with E-state index in [1.54, 1.807) is 18.2 Å². The Balaban J connectivity index is 3.00. The molecule has 0 aliphatic rings. The van der Waals surface area contributed by atoms with E-state index in [1.165, 1.54) is 6.07 Å². The molecule has 0 unspecified atom stereocenters. The van der Waals surface area contributed by atoms with E-state index in [4.69, 9.17) is 11.6 Å². The van der Waals surface area contributed by atoms with E-state index < -0.39 is 6.98 Å². The van der Waals surface area contributed by atoms with Crippen molar-refractivity contribution < 1.29 is 0 Å². The summed E-state index contributed by atoms with van der Waals surface area (Å²) in [4.78, 5) is 20.1. The van der Waals surface area contributed by atoms with Gasteiger partial charge in [-0.2, -0.15) is 9.81 Å². The van der Waals surface area contributed by atoms with E-state index in [9.17, 15) is 9.81 Å². The summed E-state index contributed by atoms with van der Waals surface area (Å²) in [6, 6.07) is 6.31. The van der Waals surface area contributed by atoms with Gasteiger partial charge in [-0.15, -0.1) is 0 Å². The molecule has 0 N–H and O–H groups in total. The first-order valence-corrected chi connectivity index (χ1v) is 3.56. The van der Waals surface area contributed by atoms with Crippen LogP contribution in [0.2, 0.25) is 5.02 Å². The van der Waals surface area contributed by atoms with Crippen molar-refractivity contribution in [3.05, 3.63) is 39.1 Å². The van der Waals surface area contributed by atoms with Gasteiger partial charge < -0.3 is 0 Å². The molecule has 1 aromatic rings. The first kappa shape index (κ1) is 8.87. The highest BCUT2D eigenvalue weighted by Crippen LogP contribution is 2.04. The van der Waals surface area contributed by atoms with E-state index in [2.05, 4.69) is 10.2 Å². The van der Waals surface area contributed by atoms with Crippen LogP contribution >= 0.6 is 11.6 Å². The molecule has 0 bridgehead atoms. The molecule has 60 valence electrons. The van der Waals surface area contributed by atoms with Crippen molar-refractivity contribution in [3.8, 4) is 0 Å². The van der Waals surface area contributed by atoms with Crippen molar-refractivity contribution in [2.45, 2.75) is 0 Å². The number of hydrogen-bond acceptors (Lipinski definition) is 4. The first-order valence-electron chi connectivity index (χ1n) is 3.18. The fourth-order valence-corrected chi connectivity index (χ4v) is 1.01. The number of hydrogen-bond donors (Lipinski definition) is 0. The number of halogens is 1. The Labute approximate surface area is 74.0 Å². The third-order valence-corrected chi connectivity index (χ3v) is 1.58. The van der Waals surface area contributed by atoms with Crippen molar-refractivity contribution >= 4 is 24.0 Å². The molecule has 0 aliphatic heterocycles. The van der Waals surface area contributed by atoms with E-state index in [-0.39, 0.29) is 0 Å². The summed E-state index contributed by atoms with van der Waals surface area (Å²) in [7, 11) is 0. The summed E-state index contributed by atoms with van der Waals surface area (Å²) < 4.78 is 0. The summed E-state index contributed by atoms with van der Waals surface area (Å²) in [5.74, 6) is 0. The minimum Gasteiger partial charge on any atom is -0.164 e. The third-order valence-electron chi connectivity index (χ3n) is 1.35. The Kier molecular flexibility index (Phi) is 2.93. The van der Waals surface area contributed by atoms with Gasteiger partial charge in [-0.25, -0.2) is 0 Å². The second-order valence-electron chi connectivity index (χ2n) is 2.14. The van der Waals surface area contributed by atoms with Gasteiger partial charge in [-0.05, 0) is 17.6 Å². The monoisotopic (exact) mass is 182 g/mol. The molecule has 0 aliphatic carbocycles. The van der Waals surface area contributed by atoms with Crippen LogP contribution in [0.3, 0.4) is 0 Å². The smallest absolute Gasteiger partial charge is 0.164 e. The maximum atomic E-state index is 10.1. The molecule has 0 spiro atoms. The highest BCUT2D eigenvalue weighted by Gasteiger charge is 2.20. The molecular formula is C6H4BClN2O2. The van der Waals surface area contributed by atoms with Gasteiger partial charge in [-0.3, -0.25) is 0 Å². The second kappa shape index (κ2) is 3.97. The molecule has 0 saturated carbocycles. The molecule has 1 rings (SSSR count). The Morgan fingerprint density at radius 1 is 1.25 bits per heavy atom. The lowest BCUT2D eigenvalue weighted by molar-refractivity contribution is 1.57. The van der Waals surface area contributed by atoms with Gasteiger partial charge in [0.05, 0.1) is 0 Å². The SMILES string of the molecule is O=NB(N=O)c1cccc(Cl)c1. The van der Waals surface area contributed by atoms with Crippen LogP contribution in [0.5, 0.6) is 0 Å². The van der Waals surface area contributed by atoms with Gasteiger partial charge in [0.25, 0.3) is 0 Å². The van der Waals surface area contributed by atoms with Crippen LogP contribution in [0.4, 0.5) is 0 Å². The lowest BCUT2D eigenvalue weighted by Gasteiger charge is -1.95. The predicted molar refractivity (Wildman–Crippen MR) is 48.4 cm³/mol. The maximum Gasteiger partial charge on any atom is 0.548 e. The van der Waals surface area contributed by atoms with Gasteiger partial charge in [0.2, 0.25) is 0 Å². The molecule has 0 saturated heterocycles. The molecular weight excluding hydrogens is 178 g/mol. The van der Waals surface area contributed by atoms with Crippen LogP contribution in [0.25, 0.3) is 0 Å². The average Bonchev–Trinajstić information content (AvgIpc) is 2.07.